The van der Waals surface area contributed by atoms with Gasteiger partial charge in [0.2, 0.25) is 0 Å². The maximum absolute atomic E-state index is 13.6. The SMILES string of the molecule is Cc1ccc2[nH]c3cc4c(=O)c5cc(Cl)ccc5n(Cc5cc(C(=O)O)cc(C(=O)O)c5)c4cc3c(=O)c2c1. The van der Waals surface area contributed by atoms with E-state index in [0.29, 0.717) is 54.2 Å². The largest absolute Gasteiger partial charge is 0.478 e. The summed E-state index contributed by atoms with van der Waals surface area (Å²) >= 11 is 6.23. The molecule has 0 atom stereocenters. The average Bonchev–Trinajstić information content (AvgIpc) is 2.91. The van der Waals surface area contributed by atoms with Crippen molar-refractivity contribution in [2.24, 2.45) is 0 Å². The Morgan fingerprint density at radius 1 is 0.744 bits per heavy atom. The highest BCUT2D eigenvalue weighted by Crippen LogP contribution is 2.27. The number of nitrogens with one attached hydrogen (secondary N) is 1. The summed E-state index contributed by atoms with van der Waals surface area (Å²) in [4.78, 5) is 53.9. The van der Waals surface area contributed by atoms with Crippen molar-refractivity contribution in [1.29, 1.82) is 0 Å². The Morgan fingerprint density at radius 3 is 2.08 bits per heavy atom. The number of pyridine rings is 2. The third-order valence-electron chi connectivity index (χ3n) is 6.93. The summed E-state index contributed by atoms with van der Waals surface area (Å²) in [5.41, 5.74) is 2.59. The van der Waals surface area contributed by atoms with Crippen LogP contribution in [0.15, 0.2) is 76.3 Å². The highest BCUT2D eigenvalue weighted by atomic mass is 35.5. The van der Waals surface area contributed by atoms with Crippen LogP contribution in [0.2, 0.25) is 5.02 Å². The molecular weight excluding hydrogens is 520 g/mol. The molecule has 39 heavy (non-hydrogen) atoms. The molecule has 0 fully saturated rings. The molecule has 2 heterocycles. The highest BCUT2D eigenvalue weighted by Gasteiger charge is 2.17. The number of aromatic nitrogens is 2. The molecular formula is C30H19ClN2O6. The van der Waals surface area contributed by atoms with Crippen LogP contribution in [0.5, 0.6) is 0 Å². The lowest BCUT2D eigenvalue weighted by Gasteiger charge is -2.17. The van der Waals surface area contributed by atoms with Gasteiger partial charge < -0.3 is 19.8 Å². The first-order valence-corrected chi connectivity index (χ1v) is 12.3. The minimum absolute atomic E-state index is 0.0341. The number of hydrogen-bond donors (Lipinski definition) is 3. The summed E-state index contributed by atoms with van der Waals surface area (Å²) in [5, 5.41) is 21.0. The van der Waals surface area contributed by atoms with Gasteiger partial charge in [0.1, 0.15) is 0 Å². The van der Waals surface area contributed by atoms with E-state index < -0.39 is 11.9 Å². The second kappa shape index (κ2) is 8.82. The van der Waals surface area contributed by atoms with Crippen LogP contribution < -0.4 is 10.9 Å². The molecule has 0 saturated heterocycles. The first-order chi connectivity index (χ1) is 18.6. The number of rotatable bonds is 4. The van der Waals surface area contributed by atoms with E-state index >= 15 is 0 Å². The molecule has 0 saturated carbocycles. The predicted octanol–water partition coefficient (Wildman–Crippen LogP) is 5.56. The van der Waals surface area contributed by atoms with Crippen molar-refractivity contribution in [3.8, 4) is 0 Å². The van der Waals surface area contributed by atoms with Crippen molar-refractivity contribution < 1.29 is 19.8 Å². The molecule has 4 aromatic carbocycles. The molecule has 0 bridgehead atoms. The summed E-state index contributed by atoms with van der Waals surface area (Å²) in [5.74, 6) is -2.53. The van der Waals surface area contributed by atoms with E-state index in [2.05, 4.69) is 4.98 Å². The number of nitrogens with zero attached hydrogens (tertiary/aromatic N) is 1. The number of aromatic amines is 1. The van der Waals surface area contributed by atoms with Crippen LogP contribution in [-0.2, 0) is 6.54 Å². The van der Waals surface area contributed by atoms with E-state index in [4.69, 9.17) is 11.6 Å². The lowest BCUT2D eigenvalue weighted by molar-refractivity contribution is 0.0696. The zero-order valence-electron chi connectivity index (χ0n) is 20.4. The quantitative estimate of drug-likeness (QED) is 0.252. The van der Waals surface area contributed by atoms with Crippen molar-refractivity contribution in [2.45, 2.75) is 13.5 Å². The van der Waals surface area contributed by atoms with Gasteiger partial charge in [-0.05, 0) is 73.2 Å². The maximum Gasteiger partial charge on any atom is 0.335 e. The van der Waals surface area contributed by atoms with Crippen molar-refractivity contribution >= 4 is 67.2 Å². The van der Waals surface area contributed by atoms with Gasteiger partial charge in [0, 0.05) is 38.6 Å². The zero-order chi connectivity index (χ0) is 27.6. The molecule has 0 radical (unpaired) electrons. The number of carboxylic acid groups (broad SMARTS) is 2. The number of carbonyl (C=O) groups is 2. The lowest BCUT2D eigenvalue weighted by Crippen LogP contribution is -2.14. The summed E-state index contributed by atoms with van der Waals surface area (Å²) < 4.78 is 1.77. The second-order valence-electron chi connectivity index (χ2n) is 9.52. The molecule has 8 nitrogen and oxygen atoms in total. The van der Waals surface area contributed by atoms with Crippen LogP contribution in [0.3, 0.4) is 0 Å². The van der Waals surface area contributed by atoms with Crippen LogP contribution in [0.1, 0.15) is 31.8 Å². The first kappa shape index (κ1) is 24.4. The Bertz CT molecular complexity index is 2150. The molecule has 0 aliphatic rings. The van der Waals surface area contributed by atoms with Crippen molar-refractivity contribution in [3.05, 3.63) is 114 Å². The number of carboxylic acids is 2. The van der Waals surface area contributed by atoms with Crippen molar-refractivity contribution in [1.82, 2.24) is 9.55 Å². The standard InChI is InChI=1S/C30H19ClN2O6/c1-14-2-4-23-19(6-14)27(34)20-12-26-22(11-24(20)32-23)28(35)21-10-18(31)3-5-25(21)33(26)13-15-7-16(29(36)37)9-17(8-15)30(38)39/h2-12H,13H2,1H3,(H,32,34)(H,36,37)(H,38,39). The normalized spacial score (nSPS) is 11.5. The fourth-order valence-electron chi connectivity index (χ4n) is 5.11. The first-order valence-electron chi connectivity index (χ1n) is 11.9. The van der Waals surface area contributed by atoms with Crippen LogP contribution in [-0.4, -0.2) is 31.7 Å². The molecule has 0 aliphatic heterocycles. The molecule has 3 N–H and O–H groups in total. The number of aryl methyl sites for hydroxylation is 1. The van der Waals surface area contributed by atoms with Gasteiger partial charge in [0.25, 0.3) is 0 Å². The van der Waals surface area contributed by atoms with Crippen LogP contribution >= 0.6 is 11.6 Å². The molecule has 0 amide bonds. The minimum atomic E-state index is -1.26. The molecule has 6 rings (SSSR count). The molecule has 9 heteroatoms. The molecule has 6 aromatic rings. The summed E-state index contributed by atoms with van der Waals surface area (Å²) in [6.45, 7) is 1.93. The monoisotopic (exact) mass is 538 g/mol. The number of hydrogen-bond acceptors (Lipinski definition) is 4. The van der Waals surface area contributed by atoms with Crippen molar-refractivity contribution in [2.75, 3.05) is 0 Å². The Hall–Kier alpha value is -4.95. The van der Waals surface area contributed by atoms with E-state index in [1.807, 2.05) is 19.1 Å². The number of benzene rings is 4. The zero-order valence-corrected chi connectivity index (χ0v) is 21.2. The minimum Gasteiger partial charge on any atom is -0.478 e. The van der Waals surface area contributed by atoms with Gasteiger partial charge in [-0.3, -0.25) is 9.59 Å². The van der Waals surface area contributed by atoms with Gasteiger partial charge in [-0.15, -0.1) is 0 Å². The molecule has 0 spiro atoms. The molecule has 0 aliphatic carbocycles. The van der Waals surface area contributed by atoms with Crippen LogP contribution in [0.25, 0.3) is 43.6 Å². The molecule has 192 valence electrons. The number of H-pyrrole nitrogens is 1. The number of fused-ring (bicyclic) bond motifs is 4. The van der Waals surface area contributed by atoms with Gasteiger partial charge >= 0.3 is 11.9 Å². The van der Waals surface area contributed by atoms with E-state index in [1.165, 1.54) is 12.1 Å². The second-order valence-corrected chi connectivity index (χ2v) is 9.96. The van der Waals surface area contributed by atoms with E-state index in [-0.39, 0.29) is 28.5 Å². The van der Waals surface area contributed by atoms with Gasteiger partial charge in [-0.2, -0.15) is 0 Å². The third-order valence-corrected chi connectivity index (χ3v) is 7.16. The van der Waals surface area contributed by atoms with Gasteiger partial charge in [-0.25, -0.2) is 9.59 Å². The van der Waals surface area contributed by atoms with Gasteiger partial charge in [0.05, 0.1) is 27.7 Å². The topological polar surface area (TPSA) is 129 Å². The fourth-order valence-corrected chi connectivity index (χ4v) is 5.29. The summed E-state index contributed by atoms with van der Waals surface area (Å²) in [7, 11) is 0. The summed E-state index contributed by atoms with van der Waals surface area (Å²) in [6.07, 6.45) is 0. The number of halogens is 1. The Balaban J connectivity index is 1.73. The fraction of sp³-hybridized carbons (Fsp3) is 0.0667. The Labute approximate surface area is 224 Å². The van der Waals surface area contributed by atoms with E-state index in [0.717, 1.165) is 11.6 Å². The van der Waals surface area contributed by atoms with Crippen molar-refractivity contribution in [3.63, 3.8) is 0 Å². The van der Waals surface area contributed by atoms with Crippen LogP contribution in [0.4, 0.5) is 0 Å². The smallest absolute Gasteiger partial charge is 0.335 e. The maximum atomic E-state index is 13.6. The molecule has 2 aromatic heterocycles. The van der Waals surface area contributed by atoms with Crippen LogP contribution in [0, 0.1) is 6.92 Å². The van der Waals surface area contributed by atoms with Gasteiger partial charge in [-0.1, -0.05) is 23.2 Å². The average molecular weight is 539 g/mol. The summed E-state index contributed by atoms with van der Waals surface area (Å²) in [6, 6.07) is 17.6. The van der Waals surface area contributed by atoms with E-state index in [1.54, 1.807) is 41.0 Å². The Morgan fingerprint density at radius 2 is 1.38 bits per heavy atom. The van der Waals surface area contributed by atoms with Gasteiger partial charge in [0.15, 0.2) is 10.9 Å². The number of aromatic carboxylic acids is 2. The van der Waals surface area contributed by atoms with E-state index in [9.17, 15) is 29.4 Å². The highest BCUT2D eigenvalue weighted by molar-refractivity contribution is 6.31. The molecule has 0 unspecified atom stereocenters. The Kier molecular flexibility index (Phi) is 5.51. The third kappa shape index (κ3) is 4.02. The predicted molar refractivity (Wildman–Crippen MR) is 151 cm³/mol. The lowest BCUT2D eigenvalue weighted by atomic mass is 10.0.